The van der Waals surface area contributed by atoms with Gasteiger partial charge in [0.05, 0.1) is 0 Å². The second kappa shape index (κ2) is 5.48. The average Bonchev–Trinajstić information content (AvgIpc) is 2.25. The topological polar surface area (TPSA) is 75.4 Å². The van der Waals surface area contributed by atoms with Crippen LogP contribution >= 0.6 is 0 Å². The highest BCUT2D eigenvalue weighted by atomic mass is 32.2. The van der Waals surface area contributed by atoms with Crippen molar-refractivity contribution >= 4 is 15.9 Å². The second-order valence-corrected chi connectivity index (χ2v) is 5.92. The van der Waals surface area contributed by atoms with E-state index in [9.17, 15) is 8.42 Å². The average molecular weight is 257 g/mol. The number of nitrogens with one attached hydrogen (secondary N) is 1. The Balaban J connectivity index is 2.96. The molecule has 0 bridgehead atoms. The van der Waals surface area contributed by atoms with Gasteiger partial charge in [-0.15, -0.1) is 0 Å². The minimum atomic E-state index is -3.43. The molecule has 0 fully saturated rings. The van der Waals surface area contributed by atoms with E-state index < -0.39 is 10.2 Å². The van der Waals surface area contributed by atoms with Gasteiger partial charge in [-0.1, -0.05) is 12.1 Å². The Hall–Kier alpha value is -1.11. The summed E-state index contributed by atoms with van der Waals surface area (Å²) < 4.78 is 27.3. The van der Waals surface area contributed by atoms with Gasteiger partial charge in [0.1, 0.15) is 0 Å². The molecule has 6 heteroatoms. The van der Waals surface area contributed by atoms with Gasteiger partial charge in [0, 0.05) is 25.3 Å². The number of anilines is 1. The van der Waals surface area contributed by atoms with E-state index in [0.717, 1.165) is 5.56 Å². The van der Waals surface area contributed by atoms with E-state index in [1.54, 1.807) is 12.1 Å². The molecule has 0 heterocycles. The smallest absolute Gasteiger partial charge is 0.279 e. The Kier molecular flexibility index (Phi) is 4.50. The summed E-state index contributed by atoms with van der Waals surface area (Å²) in [6.45, 7) is 3.98. The van der Waals surface area contributed by atoms with Crippen LogP contribution in [0.1, 0.15) is 19.4 Å². The quantitative estimate of drug-likeness (QED) is 0.771. The molecule has 0 aromatic heterocycles. The van der Waals surface area contributed by atoms with Crippen molar-refractivity contribution in [1.82, 2.24) is 9.03 Å². The van der Waals surface area contributed by atoms with Gasteiger partial charge >= 0.3 is 0 Å². The first-order valence-electron chi connectivity index (χ1n) is 5.41. The molecule has 0 aliphatic rings. The van der Waals surface area contributed by atoms with Crippen LogP contribution in [-0.2, 0) is 16.8 Å². The van der Waals surface area contributed by atoms with E-state index in [1.165, 1.54) is 11.4 Å². The zero-order valence-electron chi connectivity index (χ0n) is 10.3. The van der Waals surface area contributed by atoms with E-state index in [-0.39, 0.29) is 6.04 Å². The highest BCUT2D eigenvalue weighted by Gasteiger charge is 2.23. The molecular formula is C11H19N3O2S. The van der Waals surface area contributed by atoms with E-state index in [0.29, 0.717) is 12.2 Å². The Morgan fingerprint density at radius 1 is 1.41 bits per heavy atom. The fourth-order valence-corrected chi connectivity index (χ4v) is 2.64. The van der Waals surface area contributed by atoms with Crippen LogP contribution in [0.2, 0.25) is 0 Å². The number of hydrogen-bond donors (Lipinski definition) is 2. The maximum Gasteiger partial charge on any atom is 0.279 e. The SMILES string of the molecule is CNS(=O)(=O)N(Cc1cccc(N)c1)C(C)C. The third-order valence-electron chi connectivity index (χ3n) is 2.43. The lowest BCUT2D eigenvalue weighted by molar-refractivity contribution is 0.344. The predicted octanol–water partition coefficient (Wildman–Crippen LogP) is 0.943. The second-order valence-electron chi connectivity index (χ2n) is 4.09. The molecular weight excluding hydrogens is 238 g/mol. The molecule has 17 heavy (non-hydrogen) atoms. The van der Waals surface area contributed by atoms with Crippen LogP contribution in [0.25, 0.3) is 0 Å². The van der Waals surface area contributed by atoms with Crippen molar-refractivity contribution in [2.45, 2.75) is 26.4 Å². The van der Waals surface area contributed by atoms with Gasteiger partial charge in [0.25, 0.3) is 10.2 Å². The number of nitrogens with zero attached hydrogens (tertiary/aromatic N) is 1. The molecule has 0 atom stereocenters. The molecule has 0 radical (unpaired) electrons. The highest BCUT2D eigenvalue weighted by molar-refractivity contribution is 7.87. The van der Waals surface area contributed by atoms with Crippen molar-refractivity contribution in [2.75, 3.05) is 12.8 Å². The summed E-state index contributed by atoms with van der Waals surface area (Å²) in [6, 6.07) is 7.11. The number of nitrogens with two attached hydrogens (primary N) is 1. The number of hydrogen-bond acceptors (Lipinski definition) is 3. The molecule has 0 amide bonds. The van der Waals surface area contributed by atoms with Crippen LogP contribution in [-0.4, -0.2) is 25.8 Å². The fourth-order valence-electron chi connectivity index (χ4n) is 1.53. The molecule has 96 valence electrons. The summed E-state index contributed by atoms with van der Waals surface area (Å²) in [5.74, 6) is 0. The van der Waals surface area contributed by atoms with Crippen molar-refractivity contribution in [3.05, 3.63) is 29.8 Å². The van der Waals surface area contributed by atoms with Gasteiger partial charge in [-0.3, -0.25) is 0 Å². The van der Waals surface area contributed by atoms with E-state index in [1.807, 2.05) is 26.0 Å². The van der Waals surface area contributed by atoms with Crippen molar-refractivity contribution in [1.29, 1.82) is 0 Å². The van der Waals surface area contributed by atoms with Gasteiger partial charge in [0.2, 0.25) is 0 Å². The highest BCUT2D eigenvalue weighted by Crippen LogP contribution is 2.14. The first-order valence-corrected chi connectivity index (χ1v) is 6.85. The third kappa shape index (κ3) is 3.69. The number of nitrogen functional groups attached to an aromatic ring is 1. The molecule has 1 aromatic carbocycles. The summed E-state index contributed by atoms with van der Waals surface area (Å²) in [7, 11) is -2.02. The van der Waals surface area contributed by atoms with Crippen LogP contribution in [0, 0.1) is 0 Å². The Labute approximate surface area is 103 Å². The lowest BCUT2D eigenvalue weighted by atomic mass is 10.2. The van der Waals surface area contributed by atoms with E-state index in [2.05, 4.69) is 4.72 Å². The van der Waals surface area contributed by atoms with E-state index in [4.69, 9.17) is 5.73 Å². The van der Waals surface area contributed by atoms with Gasteiger partial charge in [-0.2, -0.15) is 12.7 Å². The standard InChI is InChI=1S/C11H19N3O2S/c1-9(2)14(17(15,16)13-3)8-10-5-4-6-11(12)7-10/h4-7,9,13H,8,12H2,1-3H3. The first kappa shape index (κ1) is 14.0. The van der Waals surface area contributed by atoms with Crippen molar-refractivity contribution in [2.24, 2.45) is 0 Å². The van der Waals surface area contributed by atoms with Crippen molar-refractivity contribution in [3.63, 3.8) is 0 Å². The molecule has 3 N–H and O–H groups in total. The van der Waals surface area contributed by atoms with Gasteiger partial charge in [-0.05, 0) is 31.5 Å². The number of benzene rings is 1. The zero-order valence-corrected chi connectivity index (χ0v) is 11.2. The lowest BCUT2D eigenvalue weighted by Crippen LogP contribution is -2.42. The third-order valence-corrected chi connectivity index (χ3v) is 4.12. The normalized spacial score (nSPS) is 12.3. The molecule has 0 spiro atoms. The van der Waals surface area contributed by atoms with Crippen LogP contribution in [0.3, 0.4) is 0 Å². The minimum Gasteiger partial charge on any atom is -0.399 e. The summed E-state index contributed by atoms with van der Waals surface area (Å²) >= 11 is 0. The van der Waals surface area contributed by atoms with Crippen molar-refractivity contribution < 1.29 is 8.42 Å². The largest absolute Gasteiger partial charge is 0.399 e. The maximum absolute atomic E-state index is 11.8. The summed E-state index contributed by atoms with van der Waals surface area (Å²) in [5, 5.41) is 0. The maximum atomic E-state index is 11.8. The summed E-state index contributed by atoms with van der Waals surface area (Å²) in [4.78, 5) is 0. The van der Waals surface area contributed by atoms with Crippen molar-refractivity contribution in [3.8, 4) is 0 Å². The Morgan fingerprint density at radius 2 is 2.06 bits per heavy atom. The van der Waals surface area contributed by atoms with Crippen LogP contribution in [0.5, 0.6) is 0 Å². The van der Waals surface area contributed by atoms with Gasteiger partial charge in [-0.25, -0.2) is 4.72 Å². The van der Waals surface area contributed by atoms with Crippen LogP contribution in [0.15, 0.2) is 24.3 Å². The Morgan fingerprint density at radius 3 is 2.53 bits per heavy atom. The first-order chi connectivity index (χ1) is 7.86. The molecule has 0 aliphatic heterocycles. The molecule has 0 unspecified atom stereocenters. The summed E-state index contributed by atoms with van der Waals surface area (Å²) in [5.41, 5.74) is 7.17. The van der Waals surface area contributed by atoms with Crippen LogP contribution < -0.4 is 10.5 Å². The molecule has 1 aromatic rings. The van der Waals surface area contributed by atoms with E-state index >= 15 is 0 Å². The zero-order chi connectivity index (χ0) is 13.1. The molecule has 0 aliphatic carbocycles. The predicted molar refractivity (Wildman–Crippen MR) is 69.5 cm³/mol. The summed E-state index contributed by atoms with van der Waals surface area (Å²) in [6.07, 6.45) is 0. The molecule has 0 saturated heterocycles. The van der Waals surface area contributed by atoms with Gasteiger partial charge in [0.15, 0.2) is 0 Å². The van der Waals surface area contributed by atoms with Crippen LogP contribution in [0.4, 0.5) is 5.69 Å². The molecule has 0 saturated carbocycles. The molecule has 5 nitrogen and oxygen atoms in total. The fraction of sp³-hybridized carbons (Fsp3) is 0.455. The number of rotatable bonds is 5. The minimum absolute atomic E-state index is 0.117. The lowest BCUT2D eigenvalue weighted by Gasteiger charge is -2.25. The monoisotopic (exact) mass is 257 g/mol. The molecule has 1 rings (SSSR count). The Bertz CT molecular complexity index is 471. The van der Waals surface area contributed by atoms with Gasteiger partial charge < -0.3 is 5.73 Å².